The predicted octanol–water partition coefficient (Wildman–Crippen LogP) is 2.71. The molecule has 0 unspecified atom stereocenters. The molecular formula is C14H12N4O2S. The molecule has 7 heteroatoms. The van der Waals surface area contributed by atoms with Gasteiger partial charge in [0.2, 0.25) is 0 Å². The monoisotopic (exact) mass is 300 g/mol. The highest BCUT2D eigenvalue weighted by Gasteiger charge is 2.18. The van der Waals surface area contributed by atoms with Crippen LogP contribution < -0.4 is 5.32 Å². The summed E-state index contributed by atoms with van der Waals surface area (Å²) in [5.74, 6) is -0.293. The van der Waals surface area contributed by atoms with Crippen molar-refractivity contribution in [2.45, 2.75) is 13.5 Å². The van der Waals surface area contributed by atoms with Crippen molar-refractivity contribution in [3.63, 3.8) is 0 Å². The van der Waals surface area contributed by atoms with E-state index in [0.29, 0.717) is 27.6 Å². The van der Waals surface area contributed by atoms with Crippen LogP contribution in [0.1, 0.15) is 20.8 Å². The van der Waals surface area contributed by atoms with Crippen molar-refractivity contribution in [2.24, 2.45) is 0 Å². The number of carboxylic acids is 1. The minimum absolute atomic E-state index is 0.301. The molecule has 3 heterocycles. The lowest BCUT2D eigenvalue weighted by molar-refractivity contribution is 0.0701. The number of thiophene rings is 1. The number of nitrogens with zero attached hydrogens (tertiary/aromatic N) is 3. The first-order valence-electron chi connectivity index (χ1n) is 6.27. The molecule has 2 N–H and O–H groups in total. The minimum Gasteiger partial charge on any atom is -0.477 e. The molecule has 0 fully saturated rings. The largest absolute Gasteiger partial charge is 0.477 e. The van der Waals surface area contributed by atoms with Crippen LogP contribution in [0.15, 0.2) is 30.9 Å². The maximum Gasteiger partial charge on any atom is 0.346 e. The van der Waals surface area contributed by atoms with E-state index in [4.69, 9.17) is 0 Å². The maximum absolute atomic E-state index is 11.2. The summed E-state index contributed by atoms with van der Waals surface area (Å²) in [5, 5.41) is 13.2. The first kappa shape index (κ1) is 13.4. The molecule has 3 rings (SSSR count). The second-order valence-electron chi connectivity index (χ2n) is 4.48. The highest BCUT2D eigenvalue weighted by molar-refractivity contribution is 7.20. The highest BCUT2D eigenvalue weighted by atomic mass is 32.1. The smallest absolute Gasteiger partial charge is 0.346 e. The first-order chi connectivity index (χ1) is 10.2. The number of carbonyl (C=O) groups is 1. The zero-order chi connectivity index (χ0) is 14.8. The minimum atomic E-state index is -0.936. The van der Waals surface area contributed by atoms with E-state index in [0.717, 1.165) is 22.3 Å². The van der Waals surface area contributed by atoms with E-state index in [2.05, 4.69) is 20.3 Å². The molecule has 0 saturated heterocycles. The van der Waals surface area contributed by atoms with Gasteiger partial charge < -0.3 is 10.4 Å². The van der Waals surface area contributed by atoms with Crippen LogP contribution in [0.3, 0.4) is 0 Å². The Bertz CT molecular complexity index is 801. The Labute approximate surface area is 124 Å². The summed E-state index contributed by atoms with van der Waals surface area (Å²) in [4.78, 5) is 24.6. The fraction of sp³-hybridized carbons (Fsp3) is 0.143. The van der Waals surface area contributed by atoms with Gasteiger partial charge in [0.15, 0.2) is 0 Å². The Kier molecular flexibility index (Phi) is 3.49. The zero-order valence-electron chi connectivity index (χ0n) is 11.2. The highest BCUT2D eigenvalue weighted by Crippen LogP contribution is 2.33. The third-order valence-corrected chi connectivity index (χ3v) is 4.29. The van der Waals surface area contributed by atoms with Crippen molar-refractivity contribution >= 4 is 33.3 Å². The van der Waals surface area contributed by atoms with Crippen molar-refractivity contribution < 1.29 is 9.90 Å². The second-order valence-corrected chi connectivity index (χ2v) is 5.48. The third kappa shape index (κ3) is 2.55. The van der Waals surface area contributed by atoms with Crippen LogP contribution in [-0.2, 0) is 6.54 Å². The number of aromatic carboxylic acids is 1. The van der Waals surface area contributed by atoms with Gasteiger partial charge in [-0.1, -0.05) is 6.07 Å². The van der Waals surface area contributed by atoms with Crippen LogP contribution in [0, 0.1) is 6.92 Å². The first-order valence-corrected chi connectivity index (χ1v) is 7.08. The molecule has 0 aliphatic rings. The molecule has 6 nitrogen and oxygen atoms in total. The second kappa shape index (κ2) is 5.45. The number of aromatic nitrogens is 3. The normalized spacial score (nSPS) is 10.7. The van der Waals surface area contributed by atoms with E-state index in [1.54, 1.807) is 19.3 Å². The van der Waals surface area contributed by atoms with E-state index in [1.807, 2.05) is 12.1 Å². The van der Waals surface area contributed by atoms with Gasteiger partial charge in [0, 0.05) is 18.9 Å². The Morgan fingerprint density at radius 1 is 1.43 bits per heavy atom. The van der Waals surface area contributed by atoms with Crippen LogP contribution in [0.2, 0.25) is 0 Å². The third-order valence-electron chi connectivity index (χ3n) is 3.10. The molecule has 0 bridgehead atoms. The Balaban J connectivity index is 1.97. The molecule has 0 atom stereocenters. The van der Waals surface area contributed by atoms with Gasteiger partial charge in [0.05, 0.1) is 5.39 Å². The van der Waals surface area contributed by atoms with Gasteiger partial charge in [-0.15, -0.1) is 11.3 Å². The number of carboxylic acid groups (broad SMARTS) is 1. The molecule has 0 aliphatic carbocycles. The SMILES string of the molecule is Cc1c(C(=O)O)sc2ncnc(NCc3cccnc3)c12. The molecule has 21 heavy (non-hydrogen) atoms. The van der Waals surface area contributed by atoms with Gasteiger partial charge in [-0.05, 0) is 24.1 Å². The van der Waals surface area contributed by atoms with Gasteiger partial charge in [0.25, 0.3) is 0 Å². The number of hydrogen-bond acceptors (Lipinski definition) is 6. The van der Waals surface area contributed by atoms with Crippen LogP contribution in [0.5, 0.6) is 0 Å². The summed E-state index contributed by atoms with van der Waals surface area (Å²) >= 11 is 1.16. The van der Waals surface area contributed by atoms with Gasteiger partial charge in [-0.3, -0.25) is 4.98 Å². The summed E-state index contributed by atoms with van der Waals surface area (Å²) in [5.41, 5.74) is 1.72. The van der Waals surface area contributed by atoms with E-state index in [1.165, 1.54) is 6.33 Å². The molecular weight excluding hydrogens is 288 g/mol. The molecule has 3 aromatic heterocycles. The lowest BCUT2D eigenvalue weighted by atomic mass is 10.2. The molecule has 0 aromatic carbocycles. The van der Waals surface area contributed by atoms with Crippen LogP contribution in [0.25, 0.3) is 10.2 Å². The number of fused-ring (bicyclic) bond motifs is 1. The van der Waals surface area contributed by atoms with E-state index in [9.17, 15) is 9.90 Å². The van der Waals surface area contributed by atoms with Crippen molar-refractivity contribution in [3.05, 3.63) is 46.9 Å². The molecule has 3 aromatic rings. The van der Waals surface area contributed by atoms with Gasteiger partial charge in [-0.25, -0.2) is 14.8 Å². The van der Waals surface area contributed by atoms with E-state index < -0.39 is 5.97 Å². The van der Waals surface area contributed by atoms with Crippen molar-refractivity contribution in [3.8, 4) is 0 Å². The molecule has 0 spiro atoms. The standard InChI is InChI=1S/C14H12N4O2S/c1-8-10-12(16-6-9-3-2-4-15-5-9)17-7-18-13(10)21-11(8)14(19)20/h2-5,7H,6H2,1H3,(H,19,20)(H,16,17,18). The molecule has 0 amide bonds. The van der Waals surface area contributed by atoms with Gasteiger partial charge in [-0.2, -0.15) is 0 Å². The summed E-state index contributed by atoms with van der Waals surface area (Å²) in [6.45, 7) is 2.35. The number of anilines is 1. The summed E-state index contributed by atoms with van der Waals surface area (Å²) in [6.07, 6.45) is 4.93. The number of rotatable bonds is 4. The molecule has 0 radical (unpaired) electrons. The maximum atomic E-state index is 11.2. The van der Waals surface area contributed by atoms with Crippen LogP contribution in [-0.4, -0.2) is 26.0 Å². The van der Waals surface area contributed by atoms with E-state index in [-0.39, 0.29) is 0 Å². The molecule has 106 valence electrons. The van der Waals surface area contributed by atoms with Crippen molar-refractivity contribution in [2.75, 3.05) is 5.32 Å². The Hall–Kier alpha value is -2.54. The zero-order valence-corrected chi connectivity index (χ0v) is 12.0. The lowest BCUT2D eigenvalue weighted by Gasteiger charge is -2.06. The van der Waals surface area contributed by atoms with Crippen molar-refractivity contribution in [1.29, 1.82) is 0 Å². The number of pyridine rings is 1. The Morgan fingerprint density at radius 3 is 3.00 bits per heavy atom. The lowest BCUT2D eigenvalue weighted by Crippen LogP contribution is -2.03. The summed E-state index contributed by atoms with van der Waals surface area (Å²) in [6, 6.07) is 3.83. The summed E-state index contributed by atoms with van der Waals surface area (Å²) in [7, 11) is 0. The topological polar surface area (TPSA) is 88.0 Å². The average Bonchev–Trinajstić information content (AvgIpc) is 2.84. The number of hydrogen-bond donors (Lipinski definition) is 2. The number of aryl methyl sites for hydroxylation is 1. The van der Waals surface area contributed by atoms with Gasteiger partial charge >= 0.3 is 5.97 Å². The average molecular weight is 300 g/mol. The molecule has 0 aliphatic heterocycles. The van der Waals surface area contributed by atoms with Crippen LogP contribution in [0.4, 0.5) is 5.82 Å². The fourth-order valence-corrected chi connectivity index (χ4v) is 3.09. The molecule has 0 saturated carbocycles. The number of nitrogens with one attached hydrogen (secondary N) is 1. The Morgan fingerprint density at radius 2 is 2.29 bits per heavy atom. The van der Waals surface area contributed by atoms with Crippen molar-refractivity contribution in [1.82, 2.24) is 15.0 Å². The summed E-state index contributed by atoms with van der Waals surface area (Å²) < 4.78 is 0. The quantitative estimate of drug-likeness (QED) is 0.770. The van der Waals surface area contributed by atoms with E-state index >= 15 is 0 Å². The van der Waals surface area contributed by atoms with Gasteiger partial charge in [0.1, 0.15) is 21.9 Å². The van der Waals surface area contributed by atoms with Crippen LogP contribution >= 0.6 is 11.3 Å². The predicted molar refractivity (Wildman–Crippen MR) is 80.7 cm³/mol. The fourth-order valence-electron chi connectivity index (χ4n) is 2.10.